The maximum absolute atomic E-state index is 11.3. The minimum atomic E-state index is -0.601. The molecule has 0 unspecified atom stereocenters. The van der Waals surface area contributed by atoms with Crippen LogP contribution in [0.25, 0.3) is 0 Å². The first-order chi connectivity index (χ1) is 12.0. The molecule has 0 fully saturated rings. The average molecular weight is 336 g/mol. The van der Waals surface area contributed by atoms with Crippen LogP contribution < -0.4 is 16.4 Å². The molecule has 3 rings (SSSR count). The standard InChI is InChI=1S/C17H16N6O2/c1-11-7-9-13(10-8-11)20-17-21-15(18)14(23(24)25)16(22-17)19-12-5-3-2-4-6-12/h2-10H,1H3,(H4,18,19,20,21,22). The van der Waals surface area contributed by atoms with Crippen molar-refractivity contribution in [1.29, 1.82) is 0 Å². The number of nitro groups is 1. The summed E-state index contributed by atoms with van der Waals surface area (Å²) >= 11 is 0. The van der Waals surface area contributed by atoms with Gasteiger partial charge in [-0.2, -0.15) is 9.97 Å². The zero-order valence-corrected chi connectivity index (χ0v) is 13.4. The van der Waals surface area contributed by atoms with Crippen molar-refractivity contribution in [3.05, 3.63) is 70.3 Å². The Kier molecular flexibility index (Phi) is 4.42. The van der Waals surface area contributed by atoms with Crippen molar-refractivity contribution in [2.75, 3.05) is 16.4 Å². The molecule has 8 heteroatoms. The number of nitrogens with zero attached hydrogens (tertiary/aromatic N) is 3. The topological polar surface area (TPSA) is 119 Å². The van der Waals surface area contributed by atoms with Crippen molar-refractivity contribution < 1.29 is 4.92 Å². The van der Waals surface area contributed by atoms with E-state index < -0.39 is 4.92 Å². The van der Waals surface area contributed by atoms with Crippen molar-refractivity contribution >= 4 is 34.6 Å². The first-order valence-corrected chi connectivity index (χ1v) is 7.50. The molecule has 25 heavy (non-hydrogen) atoms. The number of rotatable bonds is 5. The Hall–Kier alpha value is -3.68. The van der Waals surface area contributed by atoms with E-state index in [4.69, 9.17) is 5.73 Å². The van der Waals surface area contributed by atoms with E-state index >= 15 is 0 Å². The highest BCUT2D eigenvalue weighted by Gasteiger charge is 2.23. The number of para-hydroxylation sites is 1. The van der Waals surface area contributed by atoms with Crippen molar-refractivity contribution in [2.24, 2.45) is 0 Å². The van der Waals surface area contributed by atoms with E-state index in [-0.39, 0.29) is 23.3 Å². The Balaban J connectivity index is 1.97. The number of nitrogen functional groups attached to an aromatic ring is 1. The zero-order valence-electron chi connectivity index (χ0n) is 13.4. The molecule has 3 aromatic rings. The molecule has 0 aliphatic carbocycles. The number of anilines is 5. The summed E-state index contributed by atoms with van der Waals surface area (Å²) in [6, 6.07) is 16.6. The van der Waals surface area contributed by atoms with Crippen LogP contribution in [0.15, 0.2) is 54.6 Å². The van der Waals surface area contributed by atoms with Crippen LogP contribution in [-0.2, 0) is 0 Å². The summed E-state index contributed by atoms with van der Waals surface area (Å²) < 4.78 is 0. The molecule has 0 aliphatic heterocycles. The van der Waals surface area contributed by atoms with Gasteiger partial charge in [-0.15, -0.1) is 0 Å². The van der Waals surface area contributed by atoms with Gasteiger partial charge in [0.1, 0.15) is 0 Å². The second kappa shape index (κ2) is 6.83. The largest absolute Gasteiger partial charge is 0.378 e. The second-order valence-corrected chi connectivity index (χ2v) is 5.37. The molecule has 0 atom stereocenters. The van der Waals surface area contributed by atoms with Crippen LogP contribution in [-0.4, -0.2) is 14.9 Å². The molecule has 1 aromatic heterocycles. The molecule has 2 aromatic carbocycles. The predicted molar refractivity (Wildman–Crippen MR) is 97.3 cm³/mol. The molecule has 0 spiro atoms. The highest BCUT2D eigenvalue weighted by molar-refractivity contribution is 5.75. The third kappa shape index (κ3) is 3.81. The van der Waals surface area contributed by atoms with Gasteiger partial charge < -0.3 is 16.4 Å². The lowest BCUT2D eigenvalue weighted by molar-refractivity contribution is -0.383. The van der Waals surface area contributed by atoms with Gasteiger partial charge in [0.05, 0.1) is 4.92 Å². The van der Waals surface area contributed by atoms with Crippen molar-refractivity contribution in [3.8, 4) is 0 Å². The third-order valence-corrected chi connectivity index (χ3v) is 3.44. The number of hydrogen-bond donors (Lipinski definition) is 3. The quantitative estimate of drug-likeness (QED) is 0.479. The first-order valence-electron chi connectivity index (χ1n) is 7.50. The van der Waals surface area contributed by atoms with Gasteiger partial charge in [-0.05, 0) is 31.2 Å². The van der Waals surface area contributed by atoms with E-state index in [1.165, 1.54) is 0 Å². The SMILES string of the molecule is Cc1ccc(Nc2nc(N)c([N+](=O)[O-])c(Nc3ccccc3)n2)cc1. The third-order valence-electron chi connectivity index (χ3n) is 3.44. The highest BCUT2D eigenvalue weighted by atomic mass is 16.6. The van der Waals surface area contributed by atoms with E-state index in [0.29, 0.717) is 5.69 Å². The van der Waals surface area contributed by atoms with Gasteiger partial charge in [0, 0.05) is 11.4 Å². The molecule has 0 aliphatic rings. The molecule has 1 heterocycles. The molecule has 0 saturated heterocycles. The summed E-state index contributed by atoms with van der Waals surface area (Å²) in [4.78, 5) is 18.9. The summed E-state index contributed by atoms with van der Waals surface area (Å²) in [6.45, 7) is 1.98. The van der Waals surface area contributed by atoms with Crippen LogP contribution in [0.3, 0.4) is 0 Å². The van der Waals surface area contributed by atoms with Gasteiger partial charge in [0.15, 0.2) is 0 Å². The molecule has 0 saturated carbocycles. The Labute approximate surface area is 143 Å². The second-order valence-electron chi connectivity index (χ2n) is 5.37. The lowest BCUT2D eigenvalue weighted by atomic mass is 10.2. The fourth-order valence-electron chi connectivity index (χ4n) is 2.22. The van der Waals surface area contributed by atoms with E-state index in [1.54, 1.807) is 12.1 Å². The molecule has 0 bridgehead atoms. The minimum absolute atomic E-state index is 0.0262. The smallest absolute Gasteiger partial charge is 0.353 e. The van der Waals surface area contributed by atoms with Crippen LogP contribution in [0, 0.1) is 17.0 Å². The lowest BCUT2D eigenvalue weighted by Crippen LogP contribution is -2.08. The van der Waals surface area contributed by atoms with Gasteiger partial charge in [-0.1, -0.05) is 35.9 Å². The van der Waals surface area contributed by atoms with Gasteiger partial charge in [-0.25, -0.2) is 0 Å². The number of aryl methyl sites for hydroxylation is 1. The normalized spacial score (nSPS) is 10.3. The van der Waals surface area contributed by atoms with Gasteiger partial charge in [0.2, 0.25) is 17.6 Å². The average Bonchev–Trinajstić information content (AvgIpc) is 2.57. The van der Waals surface area contributed by atoms with Crippen LogP contribution in [0.5, 0.6) is 0 Å². The van der Waals surface area contributed by atoms with Gasteiger partial charge in [-0.3, -0.25) is 10.1 Å². The predicted octanol–water partition coefficient (Wildman–Crippen LogP) is 3.76. The number of benzene rings is 2. The van der Waals surface area contributed by atoms with Gasteiger partial charge >= 0.3 is 5.69 Å². The zero-order chi connectivity index (χ0) is 17.8. The van der Waals surface area contributed by atoms with Crippen molar-refractivity contribution in [3.63, 3.8) is 0 Å². The van der Waals surface area contributed by atoms with E-state index in [1.807, 2.05) is 49.4 Å². The summed E-state index contributed by atoms with van der Waals surface area (Å²) in [6.07, 6.45) is 0. The van der Waals surface area contributed by atoms with Gasteiger partial charge in [0.25, 0.3) is 0 Å². The van der Waals surface area contributed by atoms with Crippen LogP contribution >= 0.6 is 0 Å². The van der Waals surface area contributed by atoms with E-state index in [2.05, 4.69) is 20.6 Å². The molecular weight excluding hydrogens is 320 g/mol. The highest BCUT2D eigenvalue weighted by Crippen LogP contribution is 2.32. The molecule has 126 valence electrons. The first kappa shape index (κ1) is 16.2. The molecular formula is C17H16N6O2. The minimum Gasteiger partial charge on any atom is -0.378 e. The lowest BCUT2D eigenvalue weighted by Gasteiger charge is -2.10. The van der Waals surface area contributed by atoms with Crippen molar-refractivity contribution in [1.82, 2.24) is 9.97 Å². The number of aromatic nitrogens is 2. The van der Waals surface area contributed by atoms with E-state index in [9.17, 15) is 10.1 Å². The van der Waals surface area contributed by atoms with Crippen LogP contribution in [0.2, 0.25) is 0 Å². The molecule has 4 N–H and O–H groups in total. The Morgan fingerprint density at radius 1 is 0.960 bits per heavy atom. The summed E-state index contributed by atoms with van der Waals surface area (Å²) in [5.41, 5.74) is 7.94. The fraction of sp³-hybridized carbons (Fsp3) is 0.0588. The Morgan fingerprint density at radius 3 is 2.24 bits per heavy atom. The monoisotopic (exact) mass is 336 g/mol. The molecule has 8 nitrogen and oxygen atoms in total. The number of hydrogen-bond acceptors (Lipinski definition) is 7. The fourth-order valence-corrected chi connectivity index (χ4v) is 2.22. The number of nitrogens with two attached hydrogens (primary N) is 1. The summed E-state index contributed by atoms with van der Waals surface area (Å²) in [5, 5.41) is 17.2. The maximum atomic E-state index is 11.3. The Bertz CT molecular complexity index is 897. The summed E-state index contributed by atoms with van der Waals surface area (Å²) in [5.74, 6) is -0.0169. The van der Waals surface area contributed by atoms with Crippen molar-refractivity contribution in [2.45, 2.75) is 6.92 Å². The Morgan fingerprint density at radius 2 is 1.60 bits per heavy atom. The van der Waals surface area contributed by atoms with Crippen LogP contribution in [0.1, 0.15) is 5.56 Å². The van der Waals surface area contributed by atoms with Crippen LogP contribution in [0.4, 0.5) is 34.6 Å². The number of nitrogens with one attached hydrogen (secondary N) is 2. The summed E-state index contributed by atoms with van der Waals surface area (Å²) in [7, 11) is 0. The molecule has 0 amide bonds. The maximum Gasteiger partial charge on any atom is 0.353 e. The molecule has 0 radical (unpaired) electrons. The van der Waals surface area contributed by atoms with E-state index in [0.717, 1.165) is 11.3 Å².